The molecule has 2 N–H and O–H groups in total. The number of hydrogen-bond acceptors (Lipinski definition) is 2. The Labute approximate surface area is 113 Å². The second kappa shape index (κ2) is 6.45. The van der Waals surface area contributed by atoms with Crippen molar-refractivity contribution in [3.8, 4) is 0 Å². The first-order valence-electron chi connectivity index (χ1n) is 6.71. The van der Waals surface area contributed by atoms with Gasteiger partial charge in [0.25, 0.3) is 5.69 Å². The van der Waals surface area contributed by atoms with Crippen molar-refractivity contribution < 1.29 is 14.7 Å². The summed E-state index contributed by atoms with van der Waals surface area (Å²) in [6.07, 6.45) is 3.93. The number of likely N-dealkylation sites (N-methyl/N-ethyl adjacent to an activating group) is 1. The first kappa shape index (κ1) is 13.7. The Morgan fingerprint density at radius 2 is 1.95 bits per heavy atom. The van der Waals surface area contributed by atoms with Gasteiger partial charge in [-0.05, 0) is 18.2 Å². The van der Waals surface area contributed by atoms with Crippen molar-refractivity contribution in [3.05, 3.63) is 46.0 Å². The van der Waals surface area contributed by atoms with Gasteiger partial charge in [0.1, 0.15) is 26.2 Å². The van der Waals surface area contributed by atoms with Crippen molar-refractivity contribution in [2.75, 3.05) is 39.8 Å². The van der Waals surface area contributed by atoms with Gasteiger partial charge in [0, 0.05) is 6.07 Å². The van der Waals surface area contributed by atoms with E-state index >= 15 is 0 Å². The van der Waals surface area contributed by atoms with Gasteiger partial charge in [-0.2, -0.15) is 0 Å². The van der Waals surface area contributed by atoms with Crippen LogP contribution in [0.5, 0.6) is 0 Å². The predicted molar refractivity (Wildman–Crippen MR) is 74.3 cm³/mol. The van der Waals surface area contributed by atoms with Gasteiger partial charge < -0.3 is 9.80 Å². The third kappa shape index (κ3) is 3.87. The van der Waals surface area contributed by atoms with E-state index in [1.54, 1.807) is 28.0 Å². The van der Waals surface area contributed by atoms with Crippen molar-refractivity contribution in [1.82, 2.24) is 0 Å². The molecule has 0 amide bonds. The average molecular weight is 263 g/mol. The number of nitrogens with one attached hydrogen (secondary N) is 2. The lowest BCUT2D eigenvalue weighted by molar-refractivity contribution is -1.00. The predicted octanol–water partition coefficient (Wildman–Crippen LogP) is -0.979. The molecule has 1 fully saturated rings. The Morgan fingerprint density at radius 1 is 1.26 bits per heavy atom. The minimum atomic E-state index is -0.328. The van der Waals surface area contributed by atoms with Crippen LogP contribution in [0.3, 0.4) is 0 Å². The number of nitrogens with zero attached hydrogens (tertiary/aromatic N) is 1. The molecule has 2 rings (SSSR count). The number of quaternary nitrogens is 2. The maximum absolute atomic E-state index is 10.9. The van der Waals surface area contributed by atoms with Crippen LogP contribution in [0.2, 0.25) is 0 Å². The quantitative estimate of drug-likeness (QED) is 0.542. The second-order valence-electron chi connectivity index (χ2n) is 5.13. The molecular formula is C14H21N3O2+2. The third-order valence-electron chi connectivity index (χ3n) is 3.65. The molecule has 1 aromatic carbocycles. The Hall–Kier alpha value is -1.72. The van der Waals surface area contributed by atoms with E-state index in [-0.39, 0.29) is 10.6 Å². The Morgan fingerprint density at radius 3 is 2.63 bits per heavy atom. The molecule has 19 heavy (non-hydrogen) atoms. The van der Waals surface area contributed by atoms with Gasteiger partial charge >= 0.3 is 0 Å². The van der Waals surface area contributed by atoms with E-state index < -0.39 is 0 Å². The van der Waals surface area contributed by atoms with Crippen molar-refractivity contribution in [1.29, 1.82) is 0 Å². The van der Waals surface area contributed by atoms with Crippen LogP contribution >= 0.6 is 0 Å². The maximum atomic E-state index is 10.9. The molecule has 0 aromatic heterocycles. The highest BCUT2D eigenvalue weighted by Gasteiger charge is 2.18. The topological polar surface area (TPSA) is 52.0 Å². The van der Waals surface area contributed by atoms with Crippen molar-refractivity contribution in [3.63, 3.8) is 0 Å². The van der Waals surface area contributed by atoms with Crippen LogP contribution in [-0.4, -0.2) is 44.7 Å². The SMILES string of the molecule is C[NH+]1CC[NH+](C/C=C/c2ccccc2[N+](=O)[O-])CC1. The summed E-state index contributed by atoms with van der Waals surface area (Å²) in [7, 11) is 2.22. The zero-order chi connectivity index (χ0) is 13.7. The molecule has 0 aliphatic carbocycles. The summed E-state index contributed by atoms with van der Waals surface area (Å²) in [5, 5.41) is 10.9. The number of rotatable bonds is 4. The van der Waals surface area contributed by atoms with Gasteiger partial charge in [-0.3, -0.25) is 10.1 Å². The Balaban J connectivity index is 1.94. The van der Waals surface area contributed by atoms with E-state index in [0.29, 0.717) is 5.56 Å². The smallest absolute Gasteiger partial charge is 0.276 e. The van der Waals surface area contributed by atoms with Crippen molar-refractivity contribution in [2.24, 2.45) is 0 Å². The standard InChI is InChI=1S/C14H19N3O2/c1-15-9-11-16(12-10-15)8-4-6-13-5-2-3-7-14(13)17(18)19/h2-7H,8-12H2,1H3/p+2/b6-4+. The molecule has 0 saturated carbocycles. The van der Waals surface area contributed by atoms with E-state index in [1.165, 1.54) is 26.2 Å². The molecule has 1 heterocycles. The van der Waals surface area contributed by atoms with Crippen LogP contribution in [-0.2, 0) is 0 Å². The van der Waals surface area contributed by atoms with Gasteiger partial charge in [0.2, 0.25) is 0 Å². The number of nitro groups is 1. The van der Waals surface area contributed by atoms with E-state index in [4.69, 9.17) is 0 Å². The molecular weight excluding hydrogens is 242 g/mol. The molecule has 0 radical (unpaired) electrons. The van der Waals surface area contributed by atoms with Gasteiger partial charge in [-0.15, -0.1) is 0 Å². The Kier molecular flexibility index (Phi) is 4.65. The highest BCUT2D eigenvalue weighted by molar-refractivity contribution is 5.60. The molecule has 5 heteroatoms. The lowest BCUT2D eigenvalue weighted by atomic mass is 10.1. The fraction of sp³-hybridized carbons (Fsp3) is 0.429. The number of para-hydroxylation sites is 1. The molecule has 1 aromatic rings. The average Bonchev–Trinajstić information content (AvgIpc) is 2.41. The fourth-order valence-electron chi connectivity index (χ4n) is 2.38. The largest absolute Gasteiger partial charge is 0.328 e. The van der Waals surface area contributed by atoms with Crippen molar-refractivity contribution in [2.45, 2.75) is 0 Å². The summed E-state index contributed by atoms with van der Waals surface area (Å²) in [4.78, 5) is 13.7. The van der Waals surface area contributed by atoms with E-state index in [1.807, 2.05) is 12.1 Å². The van der Waals surface area contributed by atoms with Crippen LogP contribution in [0.4, 0.5) is 5.69 Å². The van der Waals surface area contributed by atoms with E-state index in [2.05, 4.69) is 13.1 Å². The van der Waals surface area contributed by atoms with Gasteiger partial charge in [0.05, 0.1) is 24.1 Å². The van der Waals surface area contributed by atoms with E-state index in [9.17, 15) is 10.1 Å². The van der Waals surface area contributed by atoms with Crippen LogP contribution in [0.1, 0.15) is 5.56 Å². The summed E-state index contributed by atoms with van der Waals surface area (Å²) in [5.74, 6) is 0. The second-order valence-corrected chi connectivity index (χ2v) is 5.13. The summed E-state index contributed by atoms with van der Waals surface area (Å²) < 4.78 is 0. The molecule has 0 bridgehead atoms. The fourth-order valence-corrected chi connectivity index (χ4v) is 2.38. The van der Waals surface area contributed by atoms with Gasteiger partial charge in [0.15, 0.2) is 0 Å². The maximum Gasteiger partial charge on any atom is 0.276 e. The van der Waals surface area contributed by atoms with E-state index in [0.717, 1.165) is 6.54 Å². The highest BCUT2D eigenvalue weighted by Crippen LogP contribution is 2.18. The minimum absolute atomic E-state index is 0.177. The van der Waals surface area contributed by atoms with Gasteiger partial charge in [-0.25, -0.2) is 0 Å². The van der Waals surface area contributed by atoms with Crippen LogP contribution in [0, 0.1) is 10.1 Å². The molecule has 0 atom stereocenters. The molecule has 0 spiro atoms. The molecule has 0 unspecified atom stereocenters. The zero-order valence-corrected chi connectivity index (χ0v) is 11.3. The zero-order valence-electron chi connectivity index (χ0n) is 11.3. The highest BCUT2D eigenvalue weighted by atomic mass is 16.6. The molecule has 1 saturated heterocycles. The molecule has 1 aliphatic heterocycles. The van der Waals surface area contributed by atoms with Crippen molar-refractivity contribution >= 4 is 11.8 Å². The van der Waals surface area contributed by atoms with Gasteiger partial charge in [-0.1, -0.05) is 12.1 Å². The summed E-state index contributed by atoms with van der Waals surface area (Å²) >= 11 is 0. The van der Waals surface area contributed by atoms with Crippen LogP contribution in [0.15, 0.2) is 30.3 Å². The Bertz CT molecular complexity index is 466. The first-order chi connectivity index (χ1) is 9.16. The van der Waals surface area contributed by atoms with Crippen LogP contribution in [0.25, 0.3) is 6.08 Å². The number of piperazine rings is 1. The minimum Gasteiger partial charge on any atom is -0.328 e. The lowest BCUT2D eigenvalue weighted by Crippen LogP contribution is -3.26. The molecule has 1 aliphatic rings. The molecule has 5 nitrogen and oxygen atoms in total. The first-order valence-corrected chi connectivity index (χ1v) is 6.71. The summed E-state index contributed by atoms with van der Waals surface area (Å²) in [6.45, 7) is 5.70. The lowest BCUT2D eigenvalue weighted by Gasteiger charge is -2.26. The summed E-state index contributed by atoms with van der Waals surface area (Å²) in [6, 6.07) is 6.87. The monoisotopic (exact) mass is 263 g/mol. The normalized spacial score (nSPS) is 23.6. The molecule has 102 valence electrons. The van der Waals surface area contributed by atoms with Crippen LogP contribution < -0.4 is 9.80 Å². The number of hydrogen-bond donors (Lipinski definition) is 2. The number of nitro benzene ring substituents is 1. The third-order valence-corrected chi connectivity index (χ3v) is 3.65. The summed E-state index contributed by atoms with van der Waals surface area (Å²) in [5.41, 5.74) is 0.864. The number of benzene rings is 1.